The fourth-order valence-corrected chi connectivity index (χ4v) is 4.66. The zero-order chi connectivity index (χ0) is 20.7. The molecule has 0 aliphatic carbocycles. The number of hydrogen-bond acceptors (Lipinski definition) is 4. The smallest absolute Gasteiger partial charge is 0.261 e. The van der Waals surface area contributed by atoms with E-state index in [0.717, 1.165) is 4.90 Å². The molecule has 0 bridgehead atoms. The van der Waals surface area contributed by atoms with Gasteiger partial charge in [0.15, 0.2) is 0 Å². The Morgan fingerprint density at radius 2 is 1.55 bits per heavy atom. The number of sulfonamides is 1. The monoisotopic (exact) mass is 446 g/mol. The van der Waals surface area contributed by atoms with Crippen LogP contribution in [-0.2, 0) is 14.8 Å². The first kappa shape index (κ1) is 21.2. The minimum atomic E-state index is -3.78. The van der Waals surface area contributed by atoms with Crippen LogP contribution in [0, 0.1) is 0 Å². The minimum Gasteiger partial charge on any atom is -0.326 e. The average molecular weight is 447 g/mol. The summed E-state index contributed by atoms with van der Waals surface area (Å²) in [6, 6.07) is 22.5. The zero-order valence-electron chi connectivity index (χ0n) is 15.3. The van der Waals surface area contributed by atoms with Gasteiger partial charge in [-0.1, -0.05) is 41.9 Å². The van der Waals surface area contributed by atoms with Crippen molar-refractivity contribution in [3.05, 3.63) is 83.9 Å². The quantitative estimate of drug-likeness (QED) is 0.462. The van der Waals surface area contributed by atoms with Crippen molar-refractivity contribution in [1.82, 2.24) is 0 Å². The molecule has 0 unspecified atom stereocenters. The fourth-order valence-electron chi connectivity index (χ4n) is 2.47. The second kappa shape index (κ2) is 9.82. The standard InChI is InChI=1S/C21H19ClN2O3S2/c22-19-8-4-5-9-20(19)24-29(26,27)18-12-10-16(11-13-18)23-21(25)14-15-28-17-6-2-1-3-7-17/h1-13,24H,14-15H2,(H,23,25). The molecule has 0 saturated carbocycles. The second-order valence-corrected chi connectivity index (χ2v) is 9.33. The molecule has 0 spiro atoms. The topological polar surface area (TPSA) is 75.3 Å². The summed E-state index contributed by atoms with van der Waals surface area (Å²) in [6.45, 7) is 0. The maximum atomic E-state index is 12.5. The van der Waals surface area contributed by atoms with Crippen molar-refractivity contribution in [1.29, 1.82) is 0 Å². The van der Waals surface area contributed by atoms with Crippen LogP contribution >= 0.6 is 23.4 Å². The molecule has 0 aromatic heterocycles. The first-order valence-electron chi connectivity index (χ1n) is 8.79. The van der Waals surface area contributed by atoms with Crippen LogP contribution in [0.4, 0.5) is 11.4 Å². The number of benzene rings is 3. The Bertz CT molecular complexity index is 1070. The lowest BCUT2D eigenvalue weighted by molar-refractivity contribution is -0.115. The third-order valence-corrected chi connectivity index (χ3v) is 6.63. The van der Waals surface area contributed by atoms with E-state index in [1.54, 1.807) is 48.2 Å². The van der Waals surface area contributed by atoms with E-state index in [1.807, 2.05) is 30.3 Å². The number of rotatable bonds is 8. The number of anilines is 2. The minimum absolute atomic E-state index is 0.0788. The Balaban J connectivity index is 1.55. The number of carbonyl (C=O) groups is 1. The molecule has 150 valence electrons. The summed E-state index contributed by atoms with van der Waals surface area (Å²) >= 11 is 7.61. The van der Waals surface area contributed by atoms with Gasteiger partial charge >= 0.3 is 0 Å². The molecule has 0 heterocycles. The van der Waals surface area contributed by atoms with E-state index in [-0.39, 0.29) is 10.8 Å². The molecule has 3 aromatic carbocycles. The van der Waals surface area contributed by atoms with E-state index in [0.29, 0.717) is 28.6 Å². The van der Waals surface area contributed by atoms with Crippen molar-refractivity contribution in [3.63, 3.8) is 0 Å². The van der Waals surface area contributed by atoms with Crippen molar-refractivity contribution in [3.8, 4) is 0 Å². The van der Waals surface area contributed by atoms with E-state index in [9.17, 15) is 13.2 Å². The van der Waals surface area contributed by atoms with Crippen molar-refractivity contribution < 1.29 is 13.2 Å². The highest BCUT2D eigenvalue weighted by Gasteiger charge is 2.15. The van der Waals surface area contributed by atoms with Crippen LogP contribution in [0.2, 0.25) is 5.02 Å². The lowest BCUT2D eigenvalue weighted by Gasteiger charge is -2.10. The van der Waals surface area contributed by atoms with E-state index < -0.39 is 10.0 Å². The molecule has 0 radical (unpaired) electrons. The van der Waals surface area contributed by atoms with Crippen LogP contribution in [-0.4, -0.2) is 20.1 Å². The van der Waals surface area contributed by atoms with Crippen LogP contribution in [0.3, 0.4) is 0 Å². The third-order valence-electron chi connectivity index (χ3n) is 3.91. The number of thioether (sulfide) groups is 1. The number of halogens is 1. The van der Waals surface area contributed by atoms with Crippen LogP contribution in [0.25, 0.3) is 0 Å². The van der Waals surface area contributed by atoms with Crippen molar-refractivity contribution in [2.45, 2.75) is 16.2 Å². The summed E-state index contributed by atoms with van der Waals surface area (Å²) in [6.07, 6.45) is 0.355. The number of para-hydroxylation sites is 1. The molecule has 5 nitrogen and oxygen atoms in total. The molecule has 0 aliphatic rings. The lowest BCUT2D eigenvalue weighted by atomic mass is 10.3. The summed E-state index contributed by atoms with van der Waals surface area (Å²) in [4.78, 5) is 13.3. The zero-order valence-corrected chi connectivity index (χ0v) is 17.7. The van der Waals surface area contributed by atoms with E-state index in [2.05, 4.69) is 10.0 Å². The highest BCUT2D eigenvalue weighted by molar-refractivity contribution is 7.99. The predicted octanol–water partition coefficient (Wildman–Crippen LogP) is 5.26. The van der Waals surface area contributed by atoms with Crippen LogP contribution in [0.1, 0.15) is 6.42 Å². The number of nitrogens with one attached hydrogen (secondary N) is 2. The highest BCUT2D eigenvalue weighted by Crippen LogP contribution is 2.24. The lowest BCUT2D eigenvalue weighted by Crippen LogP contribution is -2.14. The van der Waals surface area contributed by atoms with Gasteiger partial charge in [0, 0.05) is 22.8 Å². The van der Waals surface area contributed by atoms with Gasteiger partial charge in [0.25, 0.3) is 10.0 Å². The molecule has 3 rings (SSSR count). The normalized spacial score (nSPS) is 11.1. The molecule has 2 N–H and O–H groups in total. The Morgan fingerprint density at radius 1 is 0.897 bits per heavy atom. The van der Waals surface area contributed by atoms with Gasteiger partial charge in [0.1, 0.15) is 0 Å². The first-order valence-corrected chi connectivity index (χ1v) is 11.6. The molecular weight excluding hydrogens is 428 g/mol. The van der Waals surface area contributed by atoms with Crippen LogP contribution in [0.5, 0.6) is 0 Å². The van der Waals surface area contributed by atoms with E-state index >= 15 is 0 Å². The Kier molecular flexibility index (Phi) is 7.19. The highest BCUT2D eigenvalue weighted by atomic mass is 35.5. The number of carbonyl (C=O) groups excluding carboxylic acids is 1. The SMILES string of the molecule is O=C(CCSc1ccccc1)Nc1ccc(S(=O)(=O)Nc2ccccc2Cl)cc1. The molecular formula is C21H19ClN2O3S2. The molecule has 0 fully saturated rings. The third kappa shape index (κ3) is 6.25. The Labute approximate surface area is 179 Å². The van der Waals surface area contributed by atoms with Gasteiger partial charge in [-0.25, -0.2) is 8.42 Å². The van der Waals surface area contributed by atoms with Gasteiger partial charge in [-0.15, -0.1) is 11.8 Å². The number of hydrogen-bond donors (Lipinski definition) is 2. The molecule has 3 aromatic rings. The summed E-state index contributed by atoms with van der Waals surface area (Å²) < 4.78 is 27.5. The van der Waals surface area contributed by atoms with Gasteiger partial charge in [-0.2, -0.15) is 0 Å². The predicted molar refractivity (Wildman–Crippen MR) is 119 cm³/mol. The summed E-state index contributed by atoms with van der Waals surface area (Å²) in [7, 11) is -3.78. The van der Waals surface area contributed by atoms with Gasteiger partial charge in [0.05, 0.1) is 15.6 Å². The number of amides is 1. The van der Waals surface area contributed by atoms with E-state index in [1.165, 1.54) is 12.1 Å². The van der Waals surface area contributed by atoms with Crippen LogP contribution < -0.4 is 10.0 Å². The second-order valence-electron chi connectivity index (χ2n) is 6.07. The Morgan fingerprint density at radius 3 is 2.24 bits per heavy atom. The molecule has 8 heteroatoms. The molecule has 0 saturated heterocycles. The van der Waals surface area contributed by atoms with Gasteiger partial charge in [-0.3, -0.25) is 9.52 Å². The summed E-state index contributed by atoms with van der Waals surface area (Å²) in [5.74, 6) is 0.530. The van der Waals surface area contributed by atoms with E-state index in [4.69, 9.17) is 11.6 Å². The molecule has 1 amide bonds. The molecule has 0 atom stereocenters. The van der Waals surface area contributed by atoms with Crippen molar-refractivity contribution in [2.75, 3.05) is 15.8 Å². The summed E-state index contributed by atoms with van der Waals surface area (Å²) in [5, 5.41) is 3.09. The molecule has 0 aliphatic heterocycles. The first-order chi connectivity index (χ1) is 13.9. The summed E-state index contributed by atoms with van der Waals surface area (Å²) in [5.41, 5.74) is 0.846. The van der Waals surface area contributed by atoms with Crippen molar-refractivity contribution >= 4 is 50.7 Å². The van der Waals surface area contributed by atoms with Gasteiger partial charge < -0.3 is 5.32 Å². The van der Waals surface area contributed by atoms with Gasteiger partial charge in [0.2, 0.25) is 5.91 Å². The Hall–Kier alpha value is -2.48. The maximum Gasteiger partial charge on any atom is 0.261 e. The molecule has 29 heavy (non-hydrogen) atoms. The van der Waals surface area contributed by atoms with Crippen LogP contribution in [0.15, 0.2) is 88.7 Å². The van der Waals surface area contributed by atoms with Crippen molar-refractivity contribution in [2.24, 2.45) is 0 Å². The maximum absolute atomic E-state index is 12.5. The van der Waals surface area contributed by atoms with Gasteiger partial charge in [-0.05, 0) is 48.5 Å². The fraction of sp³-hybridized carbons (Fsp3) is 0.0952. The average Bonchev–Trinajstić information content (AvgIpc) is 2.71. The largest absolute Gasteiger partial charge is 0.326 e.